The average Bonchev–Trinajstić information content (AvgIpc) is 2.87. The summed E-state index contributed by atoms with van der Waals surface area (Å²) in [5, 5.41) is 3.13. The summed E-state index contributed by atoms with van der Waals surface area (Å²) in [6.45, 7) is 3.32. The van der Waals surface area contributed by atoms with E-state index in [-0.39, 0.29) is 5.03 Å². The van der Waals surface area contributed by atoms with Gasteiger partial charge >= 0.3 is 0 Å². The molecule has 0 spiro atoms. The van der Waals surface area contributed by atoms with Crippen molar-refractivity contribution in [3.8, 4) is 0 Å². The summed E-state index contributed by atoms with van der Waals surface area (Å²) in [7, 11) is -1.85. The summed E-state index contributed by atoms with van der Waals surface area (Å²) in [5.41, 5.74) is 0.630. The topological polar surface area (TPSA) is 66.7 Å². The lowest BCUT2D eigenvalue weighted by atomic mass is 10.0. The molecule has 0 bridgehead atoms. The number of anilines is 1. The van der Waals surface area contributed by atoms with Crippen LogP contribution in [0.5, 0.6) is 0 Å². The van der Waals surface area contributed by atoms with Crippen LogP contribution in [-0.2, 0) is 10.0 Å². The van der Waals surface area contributed by atoms with Crippen molar-refractivity contribution in [1.29, 1.82) is 0 Å². The number of imidazole rings is 1. The molecule has 0 aromatic carbocycles. The molecule has 2 aromatic rings. The molecule has 1 aliphatic heterocycles. The Morgan fingerprint density at radius 3 is 2.67 bits per heavy atom. The van der Waals surface area contributed by atoms with Gasteiger partial charge in [-0.1, -0.05) is 13.0 Å². The van der Waals surface area contributed by atoms with Crippen LogP contribution < -0.4 is 5.32 Å². The van der Waals surface area contributed by atoms with Crippen LogP contribution in [0.15, 0.2) is 29.4 Å². The molecule has 0 radical (unpaired) electrons. The zero-order valence-corrected chi connectivity index (χ0v) is 13.1. The Balaban J connectivity index is 2.10. The average molecular weight is 308 g/mol. The first-order valence-electron chi connectivity index (χ1n) is 7.19. The smallest absolute Gasteiger partial charge is 0.262 e. The fourth-order valence-electron chi connectivity index (χ4n) is 2.73. The summed E-state index contributed by atoms with van der Waals surface area (Å²) >= 11 is 0. The molecule has 0 atom stereocenters. The number of nitrogens with zero attached hydrogens (tertiary/aromatic N) is 3. The van der Waals surface area contributed by atoms with Gasteiger partial charge in [-0.25, -0.2) is 13.4 Å². The van der Waals surface area contributed by atoms with E-state index in [9.17, 15) is 8.42 Å². The van der Waals surface area contributed by atoms with Crippen LogP contribution in [0.25, 0.3) is 5.65 Å². The van der Waals surface area contributed by atoms with Gasteiger partial charge in [-0.2, -0.15) is 4.31 Å². The van der Waals surface area contributed by atoms with Crippen molar-refractivity contribution in [1.82, 2.24) is 13.7 Å². The normalized spacial score (nSPS) is 18.2. The number of rotatable bonds is 3. The van der Waals surface area contributed by atoms with Crippen LogP contribution in [0.1, 0.15) is 19.8 Å². The molecule has 3 heterocycles. The molecule has 6 nitrogen and oxygen atoms in total. The fraction of sp³-hybridized carbons (Fsp3) is 0.500. The van der Waals surface area contributed by atoms with Gasteiger partial charge in [-0.05, 0) is 30.9 Å². The van der Waals surface area contributed by atoms with E-state index in [0.29, 0.717) is 30.5 Å². The molecule has 0 unspecified atom stereocenters. The molecular weight excluding hydrogens is 288 g/mol. The van der Waals surface area contributed by atoms with Gasteiger partial charge in [0.05, 0.1) is 0 Å². The van der Waals surface area contributed by atoms with Crippen LogP contribution in [0, 0.1) is 5.92 Å². The van der Waals surface area contributed by atoms with E-state index in [1.807, 2.05) is 12.1 Å². The third-order valence-electron chi connectivity index (χ3n) is 4.05. The van der Waals surface area contributed by atoms with Gasteiger partial charge in [0, 0.05) is 26.3 Å². The van der Waals surface area contributed by atoms with E-state index in [4.69, 9.17) is 0 Å². The highest BCUT2D eigenvalue weighted by atomic mass is 32.2. The number of piperidine rings is 1. The van der Waals surface area contributed by atoms with Gasteiger partial charge < -0.3 is 5.32 Å². The summed E-state index contributed by atoms with van der Waals surface area (Å²) < 4.78 is 29.2. The first kappa shape index (κ1) is 14.3. The summed E-state index contributed by atoms with van der Waals surface area (Å²) in [6.07, 6.45) is 3.55. The van der Waals surface area contributed by atoms with Crippen LogP contribution in [0.4, 0.5) is 5.82 Å². The van der Waals surface area contributed by atoms with Crippen molar-refractivity contribution in [2.24, 2.45) is 5.92 Å². The fourth-order valence-corrected chi connectivity index (χ4v) is 4.46. The Morgan fingerprint density at radius 1 is 1.29 bits per heavy atom. The third-order valence-corrected chi connectivity index (χ3v) is 5.97. The van der Waals surface area contributed by atoms with Crippen LogP contribution in [0.3, 0.4) is 0 Å². The monoisotopic (exact) mass is 308 g/mol. The first-order valence-corrected chi connectivity index (χ1v) is 8.63. The standard InChI is InChI=1S/C14H20N4O2S/c1-11-6-9-17(10-7-11)21(19,20)14-13(15-2)16-12-5-3-4-8-18(12)14/h3-5,8,11,15H,6-7,9-10H2,1-2H3. The second kappa shape index (κ2) is 5.31. The molecule has 0 saturated carbocycles. The second-order valence-electron chi connectivity index (χ2n) is 5.53. The number of nitrogens with one attached hydrogen (secondary N) is 1. The van der Waals surface area contributed by atoms with Gasteiger partial charge in [0.1, 0.15) is 5.65 Å². The highest BCUT2D eigenvalue weighted by molar-refractivity contribution is 7.89. The molecule has 21 heavy (non-hydrogen) atoms. The zero-order chi connectivity index (χ0) is 15.0. The minimum absolute atomic E-state index is 0.232. The van der Waals surface area contributed by atoms with Crippen molar-refractivity contribution in [2.75, 3.05) is 25.5 Å². The maximum atomic E-state index is 13.0. The Kier molecular flexibility index (Phi) is 3.62. The highest BCUT2D eigenvalue weighted by Gasteiger charge is 2.33. The molecule has 0 amide bonds. The van der Waals surface area contributed by atoms with Crippen molar-refractivity contribution in [2.45, 2.75) is 24.8 Å². The van der Waals surface area contributed by atoms with Gasteiger partial charge in [0.15, 0.2) is 10.8 Å². The van der Waals surface area contributed by atoms with Gasteiger partial charge in [0.2, 0.25) is 0 Å². The minimum atomic E-state index is -3.54. The van der Waals surface area contributed by atoms with E-state index < -0.39 is 10.0 Å². The predicted molar refractivity (Wildman–Crippen MR) is 81.9 cm³/mol. The Bertz CT molecular complexity index is 745. The van der Waals surface area contributed by atoms with Crippen LogP contribution in [-0.4, -0.2) is 42.2 Å². The second-order valence-corrected chi connectivity index (χ2v) is 7.38. The van der Waals surface area contributed by atoms with Gasteiger partial charge in [0.25, 0.3) is 10.0 Å². The summed E-state index contributed by atoms with van der Waals surface area (Å²) in [5.74, 6) is 0.988. The third kappa shape index (κ3) is 2.40. The highest BCUT2D eigenvalue weighted by Crippen LogP contribution is 2.28. The minimum Gasteiger partial charge on any atom is -0.371 e. The number of hydrogen-bond donors (Lipinski definition) is 1. The quantitative estimate of drug-likeness (QED) is 0.939. The molecule has 3 rings (SSSR count). The maximum Gasteiger partial charge on any atom is 0.262 e. The van der Waals surface area contributed by atoms with E-state index in [1.54, 1.807) is 28.0 Å². The molecular formula is C14H20N4O2S. The lowest BCUT2D eigenvalue weighted by Gasteiger charge is -2.29. The molecule has 7 heteroatoms. The van der Waals surface area contributed by atoms with Crippen molar-refractivity contribution >= 4 is 21.5 Å². The number of aromatic nitrogens is 2. The summed E-state index contributed by atoms with van der Waals surface area (Å²) in [6, 6.07) is 5.46. The molecule has 1 aliphatic rings. The van der Waals surface area contributed by atoms with Crippen molar-refractivity contribution in [3.05, 3.63) is 24.4 Å². The van der Waals surface area contributed by atoms with E-state index in [2.05, 4.69) is 17.2 Å². The Labute approximate surface area is 124 Å². The summed E-state index contributed by atoms with van der Waals surface area (Å²) in [4.78, 5) is 4.35. The number of sulfonamides is 1. The zero-order valence-electron chi connectivity index (χ0n) is 12.3. The van der Waals surface area contributed by atoms with Crippen LogP contribution in [0.2, 0.25) is 0 Å². The molecule has 0 aliphatic carbocycles. The van der Waals surface area contributed by atoms with E-state index in [0.717, 1.165) is 12.8 Å². The van der Waals surface area contributed by atoms with Crippen molar-refractivity contribution in [3.63, 3.8) is 0 Å². The predicted octanol–water partition coefficient (Wildman–Crippen LogP) is 1.80. The number of hydrogen-bond acceptors (Lipinski definition) is 4. The van der Waals surface area contributed by atoms with Crippen molar-refractivity contribution < 1.29 is 8.42 Å². The lowest BCUT2D eigenvalue weighted by molar-refractivity contribution is 0.287. The van der Waals surface area contributed by atoms with Gasteiger partial charge in [-0.15, -0.1) is 0 Å². The molecule has 1 N–H and O–H groups in total. The Morgan fingerprint density at radius 2 is 2.00 bits per heavy atom. The molecule has 1 saturated heterocycles. The number of pyridine rings is 1. The first-order chi connectivity index (χ1) is 10.0. The SMILES string of the molecule is CNc1nc2ccccn2c1S(=O)(=O)N1CCC(C)CC1. The molecule has 114 valence electrons. The molecule has 2 aromatic heterocycles. The molecule has 1 fully saturated rings. The maximum absolute atomic E-state index is 13.0. The van der Waals surface area contributed by atoms with Crippen LogP contribution >= 0.6 is 0 Å². The largest absolute Gasteiger partial charge is 0.371 e. The Hall–Kier alpha value is -1.60. The number of fused-ring (bicyclic) bond motifs is 1. The lowest BCUT2D eigenvalue weighted by Crippen LogP contribution is -2.38. The van der Waals surface area contributed by atoms with E-state index >= 15 is 0 Å². The van der Waals surface area contributed by atoms with Gasteiger partial charge in [-0.3, -0.25) is 4.40 Å². The van der Waals surface area contributed by atoms with E-state index in [1.165, 1.54) is 0 Å².